The monoisotopic (exact) mass is 1070 g/mol. The minimum Gasteiger partial charge on any atom is -0.488 e. The number of nitrogens with one attached hydrogen (secondary N) is 2. The number of ether oxygens (including phenoxy) is 2. The Hall–Kier alpha value is -6.28. The number of nitrogens with zero attached hydrogens (tertiary/aromatic N) is 5. The van der Waals surface area contributed by atoms with Crippen molar-refractivity contribution in [2.45, 2.75) is 120 Å². The number of aryl methyl sites for hydroxylation is 1. The smallest absolute Gasteiger partial charge is 0.329 e. The number of aromatic nitrogens is 2. The van der Waals surface area contributed by atoms with Crippen LogP contribution in [0.5, 0.6) is 11.5 Å². The van der Waals surface area contributed by atoms with Gasteiger partial charge in [-0.1, -0.05) is 48.9 Å². The molecule has 0 spiro atoms. The van der Waals surface area contributed by atoms with Crippen LogP contribution in [-0.4, -0.2) is 112 Å². The SMILES string of the molecule is C[C@H]1CC(N2CCC(c3c(F)cc4c(N5CCC(=O)NC5=O)nn(C)c4c3F)CC2)C[C@H](C)N1C(=O)C1CCC(NC[C@]2(c3ccccc3)Oc3cc(F)c(Cl)c(-c4c(C(N)=O)ccc(OCCO)c4F)c3[C@@H]2C)CC1. The second-order valence-electron chi connectivity index (χ2n) is 21.3. The van der Waals surface area contributed by atoms with Crippen LogP contribution in [0.25, 0.3) is 22.0 Å². The normalized spacial score (nSPS) is 25.4. The average molecular weight is 1070 g/mol. The zero-order chi connectivity index (χ0) is 53.9. The number of halogens is 5. The molecule has 10 rings (SSSR count). The van der Waals surface area contributed by atoms with Gasteiger partial charge in [0.05, 0.1) is 22.6 Å². The lowest BCUT2D eigenvalue weighted by atomic mass is 9.77. The number of carbonyl (C=O) groups excluding carboxylic acids is 4. The van der Waals surface area contributed by atoms with E-state index in [0.717, 1.165) is 18.4 Å². The standard InChI is InChI=1S/C56H63ClF4N8O7/c1-29-24-36(67-19-16-32(17-20-67)45-39(58)26-38-51(50(45)61)66(4)65-53(38)68-21-18-43(71)64-55(68)74)25-30(2)69(29)54(73)33-10-12-35(13-11-33)63-28-56(34-8-6-5-7-9-34)31(3)44-42(76-56)27-40(59)48(57)47(44)46-37(52(62)72)14-15-41(49(46)60)75-23-22-70/h5-9,14-15,26-27,29-33,35-36,63,70H,10-13,16-25,28H2,1-4H3,(H2,62,72)(H,64,71,74)/t29-,30-,31-,33?,35?,56-/m0/s1. The van der Waals surface area contributed by atoms with Crippen molar-refractivity contribution in [1.29, 1.82) is 0 Å². The molecule has 404 valence electrons. The fourth-order valence-corrected chi connectivity index (χ4v) is 13.3. The number of aliphatic hydroxyl groups is 1. The molecule has 5 amide bonds. The Labute approximate surface area is 443 Å². The van der Waals surface area contributed by atoms with Crippen molar-refractivity contribution in [3.8, 4) is 22.6 Å². The Morgan fingerprint density at radius 1 is 0.908 bits per heavy atom. The first-order valence-electron chi connectivity index (χ1n) is 26.3. The average Bonchev–Trinajstić information content (AvgIpc) is 3.87. The lowest BCUT2D eigenvalue weighted by Crippen LogP contribution is -2.57. The molecule has 3 saturated heterocycles. The van der Waals surface area contributed by atoms with Gasteiger partial charge in [0.25, 0.3) is 0 Å². The van der Waals surface area contributed by atoms with E-state index in [1.165, 1.54) is 33.8 Å². The van der Waals surface area contributed by atoms with Gasteiger partial charge in [0.2, 0.25) is 17.7 Å². The molecule has 1 saturated carbocycles. The fraction of sp³-hybridized carbons (Fsp3) is 0.482. The number of nitrogens with two attached hydrogens (primary N) is 1. The van der Waals surface area contributed by atoms with Crippen LogP contribution in [0.4, 0.5) is 28.2 Å². The van der Waals surface area contributed by atoms with E-state index < -0.39 is 64.3 Å². The van der Waals surface area contributed by atoms with E-state index in [1.54, 1.807) is 7.05 Å². The van der Waals surface area contributed by atoms with E-state index in [0.29, 0.717) is 57.2 Å². The molecule has 1 aromatic heterocycles. The number of benzene rings is 4. The van der Waals surface area contributed by atoms with E-state index in [4.69, 9.17) is 26.8 Å². The van der Waals surface area contributed by atoms with Crippen LogP contribution in [0, 0.1) is 29.2 Å². The molecule has 5 aliphatic rings. The van der Waals surface area contributed by atoms with Gasteiger partial charge in [-0.25, -0.2) is 22.4 Å². The van der Waals surface area contributed by atoms with Gasteiger partial charge in [-0.3, -0.25) is 29.3 Å². The molecular formula is C56H63ClF4N8O7. The Kier molecular flexibility index (Phi) is 14.9. The molecule has 5 aromatic rings. The predicted octanol–water partition coefficient (Wildman–Crippen LogP) is 8.55. The molecule has 0 bridgehead atoms. The first-order chi connectivity index (χ1) is 36.4. The largest absolute Gasteiger partial charge is 0.488 e. The Morgan fingerprint density at radius 3 is 2.26 bits per heavy atom. The number of amides is 5. The minimum absolute atomic E-state index is 0.00743. The van der Waals surface area contributed by atoms with Crippen LogP contribution < -0.4 is 30.7 Å². The molecule has 0 radical (unpaired) electrons. The van der Waals surface area contributed by atoms with Gasteiger partial charge in [0.15, 0.2) is 28.8 Å². The second-order valence-corrected chi connectivity index (χ2v) is 21.6. The van der Waals surface area contributed by atoms with Crippen molar-refractivity contribution in [1.82, 2.24) is 30.2 Å². The van der Waals surface area contributed by atoms with E-state index >= 15 is 17.6 Å². The van der Waals surface area contributed by atoms with Crippen LogP contribution in [0.2, 0.25) is 5.02 Å². The number of rotatable bonds is 13. The van der Waals surface area contributed by atoms with Crippen molar-refractivity contribution in [2.24, 2.45) is 18.7 Å². The molecule has 5 N–H and O–H groups in total. The number of primary amides is 1. The highest BCUT2D eigenvalue weighted by atomic mass is 35.5. The highest BCUT2D eigenvalue weighted by molar-refractivity contribution is 6.34. The van der Waals surface area contributed by atoms with Gasteiger partial charge in [-0.2, -0.15) is 5.10 Å². The third-order valence-electron chi connectivity index (χ3n) is 16.8. The number of anilines is 1. The fourth-order valence-electron chi connectivity index (χ4n) is 13.1. The molecule has 4 aromatic carbocycles. The molecule has 5 heterocycles. The highest BCUT2D eigenvalue weighted by Gasteiger charge is 2.51. The van der Waals surface area contributed by atoms with Gasteiger partial charge in [-0.05, 0) is 108 Å². The molecule has 4 fully saturated rings. The van der Waals surface area contributed by atoms with Crippen molar-refractivity contribution in [2.75, 3.05) is 44.3 Å². The quantitative estimate of drug-likeness (QED) is 0.0834. The number of urea groups is 1. The number of likely N-dealkylation sites (tertiary alicyclic amines) is 2. The summed E-state index contributed by atoms with van der Waals surface area (Å²) < 4.78 is 78.4. The third kappa shape index (κ3) is 9.44. The van der Waals surface area contributed by atoms with Crippen LogP contribution in [0.15, 0.2) is 54.6 Å². The minimum atomic E-state index is -1.15. The summed E-state index contributed by atoms with van der Waals surface area (Å²) in [6.45, 7) is 7.07. The van der Waals surface area contributed by atoms with Crippen molar-refractivity contribution in [3.05, 3.63) is 105 Å². The number of piperidine rings is 2. The summed E-state index contributed by atoms with van der Waals surface area (Å²) in [5, 5.41) is 19.5. The summed E-state index contributed by atoms with van der Waals surface area (Å²) >= 11 is 6.73. The van der Waals surface area contributed by atoms with Crippen molar-refractivity contribution < 1.29 is 51.3 Å². The van der Waals surface area contributed by atoms with Crippen molar-refractivity contribution >= 4 is 52.1 Å². The lowest BCUT2D eigenvalue weighted by Gasteiger charge is -2.49. The predicted molar refractivity (Wildman–Crippen MR) is 277 cm³/mol. The van der Waals surface area contributed by atoms with Gasteiger partial charge in [-0.15, -0.1) is 0 Å². The first-order valence-corrected chi connectivity index (χ1v) is 26.7. The highest BCUT2D eigenvalue weighted by Crippen LogP contribution is 2.57. The maximum atomic E-state index is 16.5. The molecular weight excluding hydrogens is 1010 g/mol. The Balaban J connectivity index is 0.780. The van der Waals surface area contributed by atoms with Crippen molar-refractivity contribution in [3.63, 3.8) is 0 Å². The topological polar surface area (TPSA) is 185 Å². The summed E-state index contributed by atoms with van der Waals surface area (Å²) in [6, 6.07) is 13.9. The number of hydrogen-bond acceptors (Lipinski definition) is 10. The zero-order valence-electron chi connectivity index (χ0n) is 42.9. The first kappa shape index (κ1) is 53.1. The maximum absolute atomic E-state index is 16.5. The molecule has 4 atom stereocenters. The van der Waals surface area contributed by atoms with Crippen LogP contribution in [0.3, 0.4) is 0 Å². The Morgan fingerprint density at radius 2 is 1.61 bits per heavy atom. The summed E-state index contributed by atoms with van der Waals surface area (Å²) in [5.74, 6) is -5.64. The molecule has 4 aliphatic heterocycles. The summed E-state index contributed by atoms with van der Waals surface area (Å²) in [6.07, 6.45) is 5.46. The van der Waals surface area contributed by atoms with E-state index in [2.05, 4.69) is 39.4 Å². The molecule has 0 unspecified atom stereocenters. The van der Waals surface area contributed by atoms with Gasteiger partial charge in [0, 0.05) is 90.9 Å². The van der Waals surface area contributed by atoms with E-state index in [-0.39, 0.29) is 119 Å². The molecule has 20 heteroatoms. The maximum Gasteiger partial charge on any atom is 0.329 e. The van der Waals surface area contributed by atoms with Crippen LogP contribution in [-0.2, 0) is 22.2 Å². The zero-order valence-corrected chi connectivity index (χ0v) is 43.7. The number of hydrogen-bond donors (Lipinski definition) is 4. The summed E-state index contributed by atoms with van der Waals surface area (Å²) in [4.78, 5) is 57.3. The van der Waals surface area contributed by atoms with Gasteiger partial charge in [0.1, 0.15) is 29.5 Å². The number of imide groups is 1. The lowest BCUT2D eigenvalue weighted by molar-refractivity contribution is -0.144. The van der Waals surface area contributed by atoms with Crippen LogP contribution in [0.1, 0.15) is 117 Å². The number of aliphatic hydroxyl groups excluding tert-OH is 1. The van der Waals surface area contributed by atoms with Crippen LogP contribution >= 0.6 is 11.6 Å². The summed E-state index contributed by atoms with van der Waals surface area (Å²) in [7, 11) is 1.56. The van der Waals surface area contributed by atoms with E-state index in [9.17, 15) is 24.3 Å². The summed E-state index contributed by atoms with van der Waals surface area (Å²) in [5.41, 5.74) is 5.27. The second kappa shape index (κ2) is 21.3. The molecule has 15 nitrogen and oxygen atoms in total. The van der Waals surface area contributed by atoms with Gasteiger partial charge < -0.3 is 35.4 Å². The number of carbonyl (C=O) groups is 4. The molecule has 76 heavy (non-hydrogen) atoms. The number of fused-ring (bicyclic) bond motifs is 2. The molecule has 1 aliphatic carbocycles. The third-order valence-corrected chi connectivity index (χ3v) is 17.2. The van der Waals surface area contributed by atoms with Gasteiger partial charge >= 0.3 is 6.03 Å². The Bertz CT molecular complexity index is 3080. The van der Waals surface area contributed by atoms with E-state index in [1.807, 2.05) is 37.3 Å².